The van der Waals surface area contributed by atoms with E-state index >= 15 is 0 Å². The molecule has 6 nitrogen and oxygen atoms in total. The molecule has 2 aromatic carbocycles. The van der Waals surface area contributed by atoms with Crippen molar-refractivity contribution in [2.45, 2.75) is 31.3 Å². The lowest BCUT2D eigenvalue weighted by Gasteiger charge is -2.41. The fourth-order valence-corrected chi connectivity index (χ4v) is 4.46. The summed E-state index contributed by atoms with van der Waals surface area (Å²) in [5.74, 6) is 1.71. The van der Waals surface area contributed by atoms with Gasteiger partial charge in [0.05, 0.1) is 21.3 Å². The Morgan fingerprint density at radius 3 is 2.28 bits per heavy atom. The summed E-state index contributed by atoms with van der Waals surface area (Å²) >= 11 is 0. The highest BCUT2D eigenvalue weighted by atomic mass is 16.5. The summed E-state index contributed by atoms with van der Waals surface area (Å²) in [5, 5.41) is 0. The standard InChI is InChI=1S/C26H32N2O4/c1-30-23-16-20(17-24(31-2)26(23)32-3)9-12-25(29)28-14-13-27(21-10-11-21)18-22(28)15-19-7-5-4-6-8-19/h4-9,12,16-17,21-22H,10-11,13-15,18H2,1-3H3/b12-9+. The fourth-order valence-electron chi connectivity index (χ4n) is 4.46. The lowest BCUT2D eigenvalue weighted by Crippen LogP contribution is -2.56. The van der Waals surface area contributed by atoms with E-state index in [1.54, 1.807) is 27.4 Å². The maximum absolute atomic E-state index is 13.2. The Bertz CT molecular complexity index is 931. The third-order valence-electron chi connectivity index (χ3n) is 6.28. The van der Waals surface area contributed by atoms with E-state index in [0.29, 0.717) is 23.3 Å². The number of carbonyl (C=O) groups is 1. The molecule has 4 rings (SSSR count). The van der Waals surface area contributed by atoms with Crippen molar-refractivity contribution in [1.82, 2.24) is 9.80 Å². The summed E-state index contributed by atoms with van der Waals surface area (Å²) in [7, 11) is 4.75. The van der Waals surface area contributed by atoms with E-state index in [-0.39, 0.29) is 11.9 Å². The van der Waals surface area contributed by atoms with E-state index in [4.69, 9.17) is 14.2 Å². The molecule has 1 saturated carbocycles. The molecule has 170 valence electrons. The van der Waals surface area contributed by atoms with E-state index in [2.05, 4.69) is 29.2 Å². The molecule has 1 atom stereocenters. The Kier molecular flexibility index (Phi) is 7.00. The molecule has 0 bridgehead atoms. The van der Waals surface area contributed by atoms with Crippen molar-refractivity contribution in [3.63, 3.8) is 0 Å². The number of ether oxygens (including phenoxy) is 3. The van der Waals surface area contributed by atoms with Gasteiger partial charge >= 0.3 is 0 Å². The van der Waals surface area contributed by atoms with E-state index in [9.17, 15) is 4.79 Å². The molecule has 32 heavy (non-hydrogen) atoms. The molecule has 2 fully saturated rings. The van der Waals surface area contributed by atoms with Crippen molar-refractivity contribution in [3.8, 4) is 17.2 Å². The zero-order chi connectivity index (χ0) is 22.5. The summed E-state index contributed by atoms with van der Waals surface area (Å²) < 4.78 is 16.2. The van der Waals surface area contributed by atoms with Gasteiger partial charge in [0.15, 0.2) is 11.5 Å². The van der Waals surface area contributed by atoms with E-state index in [1.807, 2.05) is 29.2 Å². The van der Waals surface area contributed by atoms with Crippen LogP contribution in [0.2, 0.25) is 0 Å². The van der Waals surface area contributed by atoms with Gasteiger partial charge in [-0.25, -0.2) is 0 Å². The van der Waals surface area contributed by atoms with Crippen LogP contribution in [0.3, 0.4) is 0 Å². The first-order valence-electron chi connectivity index (χ1n) is 11.2. The number of rotatable bonds is 8. The second kappa shape index (κ2) is 10.1. The maximum atomic E-state index is 13.2. The molecule has 1 aliphatic carbocycles. The Balaban J connectivity index is 1.52. The SMILES string of the molecule is COc1cc(/C=C/C(=O)N2CCN(C3CC3)CC2Cc2ccccc2)cc(OC)c1OC. The van der Waals surface area contributed by atoms with Gasteiger partial charge in [-0.1, -0.05) is 30.3 Å². The van der Waals surface area contributed by atoms with Crippen molar-refractivity contribution >= 4 is 12.0 Å². The molecule has 0 radical (unpaired) electrons. The molecule has 1 aliphatic heterocycles. The number of hydrogen-bond acceptors (Lipinski definition) is 5. The zero-order valence-electron chi connectivity index (χ0n) is 19.1. The predicted molar refractivity (Wildman–Crippen MR) is 125 cm³/mol. The molecular formula is C26H32N2O4. The third-order valence-corrected chi connectivity index (χ3v) is 6.28. The molecule has 1 heterocycles. The van der Waals surface area contributed by atoms with Gasteiger partial charge in [0.25, 0.3) is 0 Å². The van der Waals surface area contributed by atoms with E-state index in [1.165, 1.54) is 18.4 Å². The minimum atomic E-state index is 0.0372. The zero-order valence-corrected chi connectivity index (χ0v) is 19.1. The third kappa shape index (κ3) is 5.07. The van der Waals surface area contributed by atoms with Gasteiger partial charge in [0, 0.05) is 37.8 Å². The Labute approximate surface area is 190 Å². The van der Waals surface area contributed by atoms with Crippen LogP contribution < -0.4 is 14.2 Å². The summed E-state index contributed by atoms with van der Waals surface area (Å²) in [4.78, 5) is 17.8. The Morgan fingerprint density at radius 2 is 1.69 bits per heavy atom. The number of carbonyl (C=O) groups excluding carboxylic acids is 1. The molecule has 1 saturated heterocycles. The largest absolute Gasteiger partial charge is 0.493 e. The lowest BCUT2D eigenvalue weighted by atomic mass is 10.0. The average molecular weight is 437 g/mol. The first-order chi connectivity index (χ1) is 15.6. The second-order valence-corrected chi connectivity index (χ2v) is 8.39. The van der Waals surface area contributed by atoms with E-state index < -0.39 is 0 Å². The second-order valence-electron chi connectivity index (χ2n) is 8.39. The molecule has 2 aliphatic rings. The van der Waals surface area contributed by atoms with Crippen molar-refractivity contribution in [2.75, 3.05) is 41.0 Å². The first-order valence-corrected chi connectivity index (χ1v) is 11.2. The molecule has 0 aromatic heterocycles. The van der Waals surface area contributed by atoms with Crippen molar-refractivity contribution < 1.29 is 19.0 Å². The van der Waals surface area contributed by atoms with Gasteiger partial charge in [0.1, 0.15) is 0 Å². The number of nitrogens with zero attached hydrogens (tertiary/aromatic N) is 2. The van der Waals surface area contributed by atoms with Crippen LogP contribution in [0.4, 0.5) is 0 Å². The molecule has 0 spiro atoms. The first kappa shape index (κ1) is 22.2. The number of methoxy groups -OCH3 is 3. The fraction of sp³-hybridized carbons (Fsp3) is 0.423. The van der Waals surface area contributed by atoms with Crippen molar-refractivity contribution in [3.05, 3.63) is 59.7 Å². The Morgan fingerprint density at radius 1 is 1.00 bits per heavy atom. The smallest absolute Gasteiger partial charge is 0.246 e. The Hall–Kier alpha value is -2.99. The maximum Gasteiger partial charge on any atom is 0.246 e. The molecule has 1 amide bonds. The molecule has 1 unspecified atom stereocenters. The minimum absolute atomic E-state index is 0.0372. The van der Waals surface area contributed by atoms with E-state index in [0.717, 1.165) is 31.6 Å². The number of benzene rings is 2. The highest BCUT2D eigenvalue weighted by Gasteiger charge is 2.36. The van der Waals surface area contributed by atoms with Gasteiger partial charge in [0.2, 0.25) is 11.7 Å². The topological polar surface area (TPSA) is 51.2 Å². The van der Waals surface area contributed by atoms with Crippen LogP contribution in [-0.2, 0) is 11.2 Å². The van der Waals surface area contributed by atoms with Crippen LogP contribution in [0.5, 0.6) is 17.2 Å². The molecular weight excluding hydrogens is 404 g/mol. The van der Waals surface area contributed by atoms with Crippen LogP contribution >= 0.6 is 0 Å². The molecule has 2 aromatic rings. The summed E-state index contributed by atoms with van der Waals surface area (Å²) in [6, 6.07) is 15.0. The number of piperazine rings is 1. The molecule has 0 N–H and O–H groups in total. The quantitative estimate of drug-likeness (QED) is 0.592. The van der Waals surface area contributed by atoms with Gasteiger partial charge in [-0.15, -0.1) is 0 Å². The average Bonchev–Trinajstić information content (AvgIpc) is 3.68. The minimum Gasteiger partial charge on any atom is -0.493 e. The summed E-state index contributed by atoms with van der Waals surface area (Å²) in [6.45, 7) is 2.63. The number of hydrogen-bond donors (Lipinski definition) is 0. The molecule has 6 heteroatoms. The highest BCUT2D eigenvalue weighted by Crippen LogP contribution is 2.38. The van der Waals surface area contributed by atoms with Crippen LogP contribution in [0.15, 0.2) is 48.5 Å². The normalized spacial score (nSPS) is 19.2. The van der Waals surface area contributed by atoms with Crippen LogP contribution in [0.1, 0.15) is 24.0 Å². The van der Waals surface area contributed by atoms with Crippen molar-refractivity contribution in [2.24, 2.45) is 0 Å². The van der Waals surface area contributed by atoms with Crippen LogP contribution in [0, 0.1) is 0 Å². The monoisotopic (exact) mass is 436 g/mol. The summed E-state index contributed by atoms with van der Waals surface area (Å²) in [5.41, 5.74) is 2.09. The summed E-state index contributed by atoms with van der Waals surface area (Å²) in [6.07, 6.45) is 6.92. The van der Waals surface area contributed by atoms with Gasteiger partial charge < -0.3 is 19.1 Å². The highest BCUT2D eigenvalue weighted by molar-refractivity contribution is 5.92. The van der Waals surface area contributed by atoms with Crippen LogP contribution in [-0.4, -0.2) is 68.8 Å². The van der Waals surface area contributed by atoms with Gasteiger partial charge in [-0.3, -0.25) is 9.69 Å². The van der Waals surface area contributed by atoms with Gasteiger partial charge in [-0.2, -0.15) is 0 Å². The lowest BCUT2D eigenvalue weighted by molar-refractivity contribution is -0.130. The van der Waals surface area contributed by atoms with Gasteiger partial charge in [-0.05, 0) is 48.6 Å². The van der Waals surface area contributed by atoms with Crippen LogP contribution in [0.25, 0.3) is 6.08 Å². The predicted octanol–water partition coefficient (Wildman–Crippen LogP) is 3.64. The van der Waals surface area contributed by atoms with Crippen molar-refractivity contribution in [1.29, 1.82) is 0 Å². The number of amides is 1.